The van der Waals surface area contributed by atoms with Crippen molar-refractivity contribution in [2.24, 2.45) is 5.16 Å². The fourth-order valence-corrected chi connectivity index (χ4v) is 4.01. The molecule has 1 saturated heterocycles. The Morgan fingerprint density at radius 3 is 2.73 bits per heavy atom. The zero-order chi connectivity index (χ0) is 24.2. The number of oxime groups is 1. The Labute approximate surface area is 205 Å². The second kappa shape index (κ2) is 13.8. The first-order chi connectivity index (χ1) is 15.8. The van der Waals surface area contributed by atoms with Gasteiger partial charge in [-0.1, -0.05) is 5.16 Å². The van der Waals surface area contributed by atoms with Gasteiger partial charge in [0.2, 0.25) is 11.8 Å². The van der Waals surface area contributed by atoms with Gasteiger partial charge in [0, 0.05) is 11.1 Å². The number of thioether (sulfide) groups is 1. The summed E-state index contributed by atoms with van der Waals surface area (Å²) in [6, 6.07) is -0.812. The van der Waals surface area contributed by atoms with Gasteiger partial charge in [0.15, 0.2) is 11.7 Å². The molecular formula is C16H18Cl2N6O7S2. The van der Waals surface area contributed by atoms with E-state index in [0.29, 0.717) is 10.8 Å². The second-order valence-electron chi connectivity index (χ2n) is 6.00. The third-order valence-corrected chi connectivity index (χ3v) is 6.03. The van der Waals surface area contributed by atoms with E-state index in [4.69, 9.17) is 28.0 Å². The molecule has 1 fully saturated rings. The molecule has 180 valence electrons. The van der Waals surface area contributed by atoms with Crippen molar-refractivity contribution in [1.82, 2.24) is 21.1 Å². The maximum atomic E-state index is 11.9. The molecule has 1 aromatic heterocycles. The summed E-state index contributed by atoms with van der Waals surface area (Å²) in [6.07, 6.45) is 0.830. The molecule has 13 nitrogen and oxygen atoms in total. The molecule has 2 rings (SSSR count). The van der Waals surface area contributed by atoms with Gasteiger partial charge in [0.25, 0.3) is 11.8 Å². The Balaban J connectivity index is 1.65. The molecule has 0 spiro atoms. The number of anilines is 1. The molecule has 0 aliphatic carbocycles. The van der Waals surface area contributed by atoms with Crippen LogP contribution in [0.1, 0.15) is 12.1 Å². The Hall–Kier alpha value is -2.62. The largest absolute Gasteiger partial charge is 0.389 e. The predicted molar refractivity (Wildman–Crippen MR) is 121 cm³/mol. The number of rotatable bonds is 12. The summed E-state index contributed by atoms with van der Waals surface area (Å²) >= 11 is 13.0. The van der Waals surface area contributed by atoms with Gasteiger partial charge >= 0.3 is 5.97 Å². The molecule has 4 amide bonds. The summed E-state index contributed by atoms with van der Waals surface area (Å²) < 4.78 is 0. The molecule has 33 heavy (non-hydrogen) atoms. The van der Waals surface area contributed by atoms with Crippen LogP contribution in [0.4, 0.5) is 5.13 Å². The van der Waals surface area contributed by atoms with Crippen molar-refractivity contribution in [3.8, 4) is 0 Å². The molecule has 4 N–H and O–H groups in total. The molecule has 2 heterocycles. The number of carbonyl (C=O) groups is 5. The maximum Gasteiger partial charge on any atom is 0.333 e. The summed E-state index contributed by atoms with van der Waals surface area (Å²) in [4.78, 5) is 70.8. The van der Waals surface area contributed by atoms with E-state index in [9.17, 15) is 24.0 Å². The van der Waals surface area contributed by atoms with Gasteiger partial charge in [-0.15, -0.1) is 46.3 Å². The number of β-lactam (4-membered cyclic amide) rings is 1. The highest BCUT2D eigenvalue weighted by atomic mass is 35.5. The number of hydrogen-bond acceptors (Lipinski definition) is 11. The number of nitrogens with one attached hydrogen (secondary N) is 4. The zero-order valence-electron chi connectivity index (χ0n) is 16.7. The lowest BCUT2D eigenvalue weighted by Gasteiger charge is -2.36. The molecule has 0 unspecified atom stereocenters. The third-order valence-electron chi connectivity index (χ3n) is 3.55. The first-order valence-corrected chi connectivity index (χ1v) is 12.0. The van der Waals surface area contributed by atoms with Crippen LogP contribution in [-0.4, -0.2) is 69.7 Å². The molecule has 1 aliphatic heterocycles. The molecule has 0 radical (unpaired) electrons. The van der Waals surface area contributed by atoms with Gasteiger partial charge in [0.1, 0.15) is 29.4 Å². The van der Waals surface area contributed by atoms with E-state index in [1.54, 1.807) is 5.38 Å². The lowest BCUT2D eigenvalue weighted by atomic mass is 10.1. The molecule has 2 atom stereocenters. The van der Waals surface area contributed by atoms with Crippen LogP contribution in [-0.2, 0) is 40.3 Å². The van der Waals surface area contributed by atoms with Crippen LogP contribution in [0.2, 0.25) is 0 Å². The van der Waals surface area contributed by atoms with Crippen LogP contribution < -0.4 is 21.4 Å². The van der Waals surface area contributed by atoms with Gasteiger partial charge in [-0.2, -0.15) is 5.48 Å². The van der Waals surface area contributed by atoms with Crippen molar-refractivity contribution in [2.75, 3.05) is 22.8 Å². The average molecular weight is 541 g/mol. The van der Waals surface area contributed by atoms with Crippen LogP contribution in [0.25, 0.3) is 0 Å². The summed E-state index contributed by atoms with van der Waals surface area (Å²) in [7, 11) is 0. The van der Waals surface area contributed by atoms with E-state index in [-0.39, 0.29) is 42.4 Å². The normalized spacial score (nSPS) is 17.0. The highest BCUT2D eigenvalue weighted by Crippen LogP contribution is 2.21. The Morgan fingerprint density at radius 2 is 2.03 bits per heavy atom. The molecule has 0 saturated carbocycles. The Kier molecular flexibility index (Phi) is 11.2. The van der Waals surface area contributed by atoms with E-state index in [1.807, 2.05) is 5.48 Å². The number of carbonyl (C=O) groups excluding carboxylic acids is 5. The highest BCUT2D eigenvalue weighted by molar-refractivity contribution is 8.00. The fraction of sp³-hybridized carbons (Fsp3) is 0.438. The van der Waals surface area contributed by atoms with Crippen LogP contribution in [0.5, 0.6) is 0 Å². The van der Waals surface area contributed by atoms with Crippen LogP contribution in [0, 0.1) is 0 Å². The number of nitrogens with zero attached hydrogens (tertiary/aromatic N) is 2. The fourth-order valence-electron chi connectivity index (χ4n) is 2.06. The standard InChI is InChI=1S/C16H18Cl2N6O7S2/c17-3-9(25)22-16-20-8(7-33-16)6-30-19-5-11(27)21-13-14(29)23-15(13)32-2-1-12(28)31-24-10(26)4-18/h5,7,13,15H,1-4,6H2,(H,21,27)(H,23,29)(H,24,26)(H,20,22,25)/t13-,15-/m1/s1. The van der Waals surface area contributed by atoms with Crippen LogP contribution in [0.3, 0.4) is 0 Å². The summed E-state index contributed by atoms with van der Waals surface area (Å²) in [5.74, 6) is -3.02. The van der Waals surface area contributed by atoms with Crippen LogP contribution in [0.15, 0.2) is 10.5 Å². The molecule has 0 aromatic carbocycles. The number of amides is 4. The van der Waals surface area contributed by atoms with Crippen molar-refractivity contribution in [3.05, 3.63) is 11.1 Å². The van der Waals surface area contributed by atoms with E-state index in [0.717, 1.165) is 6.21 Å². The van der Waals surface area contributed by atoms with Crippen molar-refractivity contribution in [1.29, 1.82) is 0 Å². The minimum Gasteiger partial charge on any atom is -0.389 e. The van der Waals surface area contributed by atoms with Crippen molar-refractivity contribution in [3.63, 3.8) is 0 Å². The smallest absolute Gasteiger partial charge is 0.333 e. The summed E-state index contributed by atoms with van der Waals surface area (Å²) in [5, 5.41) is 12.6. The second-order valence-corrected chi connectivity index (χ2v) is 8.65. The van der Waals surface area contributed by atoms with Crippen molar-refractivity contribution < 1.29 is 33.6 Å². The third kappa shape index (κ3) is 9.41. The van der Waals surface area contributed by atoms with E-state index in [2.05, 4.69) is 30.9 Å². The van der Waals surface area contributed by atoms with Gasteiger partial charge in [-0.25, -0.2) is 9.78 Å². The first kappa shape index (κ1) is 26.6. The van der Waals surface area contributed by atoms with Crippen LogP contribution >= 0.6 is 46.3 Å². The highest BCUT2D eigenvalue weighted by Gasteiger charge is 2.40. The molecule has 1 aromatic rings. The number of hydrogen-bond donors (Lipinski definition) is 4. The number of thiazole rings is 1. The van der Waals surface area contributed by atoms with E-state index >= 15 is 0 Å². The Bertz CT molecular complexity index is 916. The first-order valence-electron chi connectivity index (χ1n) is 9.05. The number of aromatic nitrogens is 1. The molecule has 1 aliphatic rings. The van der Waals surface area contributed by atoms with Gasteiger partial charge in [-0.3, -0.25) is 19.2 Å². The topological polar surface area (TPSA) is 177 Å². The van der Waals surface area contributed by atoms with Crippen molar-refractivity contribution >= 4 is 87.2 Å². The average Bonchev–Trinajstić information content (AvgIpc) is 3.25. The lowest BCUT2D eigenvalue weighted by molar-refractivity contribution is -0.156. The van der Waals surface area contributed by atoms with E-state index in [1.165, 1.54) is 23.1 Å². The lowest BCUT2D eigenvalue weighted by Crippen LogP contribution is -2.67. The number of alkyl halides is 2. The predicted octanol–water partition coefficient (Wildman–Crippen LogP) is -0.300. The minimum atomic E-state index is -0.812. The summed E-state index contributed by atoms with van der Waals surface area (Å²) in [6.45, 7) is -0.0408. The zero-order valence-corrected chi connectivity index (χ0v) is 19.8. The van der Waals surface area contributed by atoms with Gasteiger partial charge in [-0.05, 0) is 0 Å². The SMILES string of the molecule is O=C(C=NOCc1csc(NC(=O)CCl)n1)N[C@@H]1C(=O)N[C@@H]1SCCC(=O)ONC(=O)CCl. The Morgan fingerprint density at radius 1 is 1.27 bits per heavy atom. The molecule has 17 heteroatoms. The van der Waals surface area contributed by atoms with Crippen molar-refractivity contribution in [2.45, 2.75) is 24.4 Å². The molecular weight excluding hydrogens is 523 g/mol. The number of hydroxylamine groups is 1. The summed E-state index contributed by atoms with van der Waals surface area (Å²) in [5.41, 5.74) is 2.36. The minimum absolute atomic E-state index is 0.0382. The quantitative estimate of drug-likeness (QED) is 0.120. The van der Waals surface area contributed by atoms with Gasteiger partial charge < -0.3 is 25.6 Å². The molecule has 0 bridgehead atoms. The van der Waals surface area contributed by atoms with E-state index < -0.39 is 29.2 Å². The number of halogens is 2. The van der Waals surface area contributed by atoms with Gasteiger partial charge in [0.05, 0.1) is 12.1 Å². The monoisotopic (exact) mass is 540 g/mol. The maximum absolute atomic E-state index is 11.9.